The van der Waals surface area contributed by atoms with Gasteiger partial charge in [-0.15, -0.1) is 0 Å². The zero-order chi connectivity index (χ0) is 15.9. The summed E-state index contributed by atoms with van der Waals surface area (Å²) in [5.74, 6) is 1.44. The molecule has 0 unspecified atom stereocenters. The third kappa shape index (κ3) is 4.40. The van der Waals surface area contributed by atoms with Crippen LogP contribution in [0.5, 0.6) is 0 Å². The van der Waals surface area contributed by atoms with Crippen molar-refractivity contribution in [3.05, 3.63) is 47.1 Å². The Labute approximate surface area is 131 Å². The summed E-state index contributed by atoms with van der Waals surface area (Å²) >= 11 is 0. The van der Waals surface area contributed by atoms with E-state index in [1.54, 1.807) is 0 Å². The molecule has 0 radical (unpaired) electrons. The fraction of sp³-hybridized carbons (Fsp3) is 0.471. The van der Waals surface area contributed by atoms with E-state index in [0.29, 0.717) is 24.0 Å². The predicted octanol–water partition coefficient (Wildman–Crippen LogP) is 3.30. The van der Waals surface area contributed by atoms with Gasteiger partial charge in [0.1, 0.15) is 0 Å². The monoisotopic (exact) mass is 298 g/mol. The van der Waals surface area contributed by atoms with Gasteiger partial charge in [0.2, 0.25) is 5.89 Å². The number of nitrogens with zero attached hydrogens (tertiary/aromatic N) is 4. The average Bonchev–Trinajstić information content (AvgIpc) is 2.95. The first kappa shape index (κ1) is 16.2. The number of hydrogen-bond acceptors (Lipinski definition) is 5. The highest BCUT2D eigenvalue weighted by Gasteiger charge is 2.15. The van der Waals surface area contributed by atoms with E-state index in [-0.39, 0.29) is 0 Å². The second kappa shape index (κ2) is 7.71. The molecule has 0 fully saturated rings. The van der Waals surface area contributed by atoms with Gasteiger partial charge in [-0.25, -0.2) is 0 Å². The normalized spacial score (nSPS) is 11.1. The number of hydrogen-bond donors (Lipinski definition) is 0. The summed E-state index contributed by atoms with van der Waals surface area (Å²) in [6, 6.07) is 10.2. The van der Waals surface area contributed by atoms with E-state index in [1.165, 1.54) is 5.56 Å². The van der Waals surface area contributed by atoms with Gasteiger partial charge in [0.15, 0.2) is 5.82 Å². The second-order valence-corrected chi connectivity index (χ2v) is 5.66. The van der Waals surface area contributed by atoms with Crippen LogP contribution in [0.2, 0.25) is 0 Å². The first-order chi connectivity index (χ1) is 10.6. The minimum atomic E-state index is 0.358. The number of aromatic nitrogens is 2. The molecule has 5 nitrogen and oxygen atoms in total. The predicted molar refractivity (Wildman–Crippen MR) is 83.8 cm³/mol. The molecule has 0 atom stereocenters. The summed E-state index contributed by atoms with van der Waals surface area (Å²) in [5, 5.41) is 12.9. The Balaban J connectivity index is 2.03. The number of aryl methyl sites for hydroxylation is 1. The average molecular weight is 298 g/mol. The van der Waals surface area contributed by atoms with Crippen LogP contribution in [-0.4, -0.2) is 21.1 Å². The zero-order valence-corrected chi connectivity index (χ0v) is 13.4. The summed E-state index contributed by atoms with van der Waals surface area (Å²) in [4.78, 5) is 6.70. The minimum absolute atomic E-state index is 0.358. The summed E-state index contributed by atoms with van der Waals surface area (Å²) in [7, 11) is 0. The van der Waals surface area contributed by atoms with Crippen molar-refractivity contribution in [3.63, 3.8) is 0 Å². The maximum atomic E-state index is 8.85. The van der Waals surface area contributed by atoms with Crippen LogP contribution < -0.4 is 0 Å². The lowest BCUT2D eigenvalue weighted by Crippen LogP contribution is -2.30. The van der Waals surface area contributed by atoms with E-state index in [4.69, 9.17) is 9.78 Å². The van der Waals surface area contributed by atoms with Gasteiger partial charge in [0, 0.05) is 19.0 Å². The molecule has 22 heavy (non-hydrogen) atoms. The number of benzene rings is 1. The molecule has 0 saturated carbocycles. The molecular weight excluding hydrogens is 276 g/mol. The van der Waals surface area contributed by atoms with Crippen LogP contribution in [0.25, 0.3) is 0 Å². The molecule has 0 bridgehead atoms. The van der Waals surface area contributed by atoms with Gasteiger partial charge in [-0.05, 0) is 38.0 Å². The largest absolute Gasteiger partial charge is 0.338 e. The summed E-state index contributed by atoms with van der Waals surface area (Å²) in [5.41, 5.74) is 1.85. The lowest BCUT2D eigenvalue weighted by Gasteiger charge is -2.24. The first-order valence-corrected chi connectivity index (χ1v) is 7.67. The zero-order valence-electron chi connectivity index (χ0n) is 13.4. The topological polar surface area (TPSA) is 66.0 Å². The smallest absolute Gasteiger partial charge is 0.240 e. The Kier molecular flexibility index (Phi) is 5.68. The van der Waals surface area contributed by atoms with Gasteiger partial charge in [-0.2, -0.15) is 10.2 Å². The molecule has 0 N–H and O–H groups in total. The van der Waals surface area contributed by atoms with Gasteiger partial charge in [0.25, 0.3) is 0 Å². The van der Waals surface area contributed by atoms with Gasteiger partial charge in [-0.1, -0.05) is 24.2 Å². The Morgan fingerprint density at radius 3 is 2.55 bits per heavy atom. The molecule has 116 valence electrons. The van der Waals surface area contributed by atoms with E-state index in [2.05, 4.69) is 41.9 Å². The molecular formula is C17H22N4O. The Morgan fingerprint density at radius 1 is 1.23 bits per heavy atom. The molecule has 1 aromatic carbocycles. The van der Waals surface area contributed by atoms with Gasteiger partial charge >= 0.3 is 0 Å². The second-order valence-electron chi connectivity index (χ2n) is 5.66. The summed E-state index contributed by atoms with van der Waals surface area (Å²) in [6.07, 6.45) is 1.86. The SMILES string of the molecule is CCCc1noc(CN(Cc2ccc(C#N)cc2)C(C)C)n1. The molecule has 0 aliphatic rings. The van der Waals surface area contributed by atoms with Crippen molar-refractivity contribution in [2.75, 3.05) is 0 Å². The van der Waals surface area contributed by atoms with Crippen LogP contribution >= 0.6 is 0 Å². The van der Waals surface area contributed by atoms with E-state index < -0.39 is 0 Å². The lowest BCUT2D eigenvalue weighted by atomic mass is 10.1. The van der Waals surface area contributed by atoms with E-state index in [9.17, 15) is 0 Å². The first-order valence-electron chi connectivity index (χ1n) is 7.67. The lowest BCUT2D eigenvalue weighted by molar-refractivity contribution is 0.176. The van der Waals surface area contributed by atoms with Crippen molar-refractivity contribution < 1.29 is 4.52 Å². The van der Waals surface area contributed by atoms with Crippen LogP contribution in [0.15, 0.2) is 28.8 Å². The molecule has 2 rings (SSSR count). The van der Waals surface area contributed by atoms with Gasteiger partial charge < -0.3 is 4.52 Å². The highest BCUT2D eigenvalue weighted by Crippen LogP contribution is 2.13. The molecule has 5 heteroatoms. The summed E-state index contributed by atoms with van der Waals surface area (Å²) < 4.78 is 5.33. The molecule has 0 aliphatic heterocycles. The third-order valence-electron chi connectivity index (χ3n) is 3.52. The maximum absolute atomic E-state index is 8.85. The van der Waals surface area contributed by atoms with E-state index in [1.807, 2.05) is 24.3 Å². The van der Waals surface area contributed by atoms with Gasteiger partial charge in [-0.3, -0.25) is 4.90 Å². The Morgan fingerprint density at radius 2 is 1.95 bits per heavy atom. The van der Waals surface area contributed by atoms with Crippen molar-refractivity contribution in [2.45, 2.75) is 52.7 Å². The van der Waals surface area contributed by atoms with Crippen molar-refractivity contribution in [1.82, 2.24) is 15.0 Å². The quantitative estimate of drug-likeness (QED) is 0.784. The van der Waals surface area contributed by atoms with Crippen molar-refractivity contribution in [2.24, 2.45) is 0 Å². The fourth-order valence-electron chi connectivity index (χ4n) is 2.19. The van der Waals surface area contributed by atoms with Crippen LogP contribution in [0.4, 0.5) is 0 Å². The Bertz CT molecular complexity index is 625. The number of nitriles is 1. The third-order valence-corrected chi connectivity index (χ3v) is 3.52. The van der Waals surface area contributed by atoms with E-state index >= 15 is 0 Å². The molecule has 0 saturated heterocycles. The van der Waals surface area contributed by atoms with E-state index in [0.717, 1.165) is 25.2 Å². The Hall–Kier alpha value is -2.19. The summed E-state index contributed by atoms with van der Waals surface area (Å²) in [6.45, 7) is 7.81. The minimum Gasteiger partial charge on any atom is -0.338 e. The van der Waals surface area contributed by atoms with Gasteiger partial charge in [0.05, 0.1) is 18.2 Å². The van der Waals surface area contributed by atoms with Crippen molar-refractivity contribution in [1.29, 1.82) is 5.26 Å². The molecule has 0 amide bonds. The number of rotatable bonds is 7. The molecule has 1 heterocycles. The fourth-order valence-corrected chi connectivity index (χ4v) is 2.19. The highest BCUT2D eigenvalue weighted by molar-refractivity contribution is 5.31. The van der Waals surface area contributed by atoms with Crippen molar-refractivity contribution in [3.8, 4) is 6.07 Å². The van der Waals surface area contributed by atoms with Crippen LogP contribution in [-0.2, 0) is 19.5 Å². The molecule has 0 spiro atoms. The van der Waals surface area contributed by atoms with Crippen LogP contribution in [0.1, 0.15) is 50.0 Å². The molecule has 0 aliphatic carbocycles. The highest BCUT2D eigenvalue weighted by atomic mass is 16.5. The maximum Gasteiger partial charge on any atom is 0.240 e. The van der Waals surface area contributed by atoms with Crippen LogP contribution in [0, 0.1) is 11.3 Å². The van der Waals surface area contributed by atoms with Crippen LogP contribution in [0.3, 0.4) is 0 Å². The molecule has 1 aromatic heterocycles. The molecule has 2 aromatic rings. The standard InChI is InChI=1S/C17H22N4O/c1-4-5-16-19-17(22-20-16)12-21(13(2)3)11-15-8-6-14(10-18)7-9-15/h6-9,13H,4-5,11-12H2,1-3H3. The van der Waals surface area contributed by atoms with Crippen molar-refractivity contribution >= 4 is 0 Å².